The van der Waals surface area contributed by atoms with Crippen molar-refractivity contribution < 1.29 is 18.0 Å². The number of fused-ring (bicyclic) bond motifs is 1. The number of nitrogens with zero attached hydrogens (tertiary/aromatic N) is 2. The lowest BCUT2D eigenvalue weighted by Gasteiger charge is -2.28. The molecule has 1 aromatic carbocycles. The molecule has 0 saturated carbocycles. The summed E-state index contributed by atoms with van der Waals surface area (Å²) in [4.78, 5) is 13.8. The van der Waals surface area contributed by atoms with Crippen LogP contribution in [-0.4, -0.2) is 40.3 Å². The molecule has 0 aliphatic carbocycles. The van der Waals surface area contributed by atoms with Crippen LogP contribution in [0.2, 0.25) is 0 Å². The Morgan fingerprint density at radius 1 is 1.33 bits per heavy atom. The fourth-order valence-electron chi connectivity index (χ4n) is 2.80. The number of nitrogens with one attached hydrogen (secondary N) is 2. The average molecular weight is 338 g/mol. The van der Waals surface area contributed by atoms with E-state index in [4.69, 9.17) is 0 Å². The molecule has 1 atom stereocenters. The molecule has 2 aromatic rings. The van der Waals surface area contributed by atoms with Gasteiger partial charge >= 0.3 is 6.18 Å². The molecule has 1 amide bonds. The van der Waals surface area contributed by atoms with Gasteiger partial charge in [-0.3, -0.25) is 15.2 Å². The number of rotatable bonds is 4. The quantitative estimate of drug-likeness (QED) is 0.898. The second-order valence-corrected chi connectivity index (χ2v) is 5.71. The highest BCUT2D eigenvalue weighted by Gasteiger charge is 2.40. The average Bonchev–Trinajstić information content (AvgIpc) is 3.02. The molecule has 0 unspecified atom stereocenters. The minimum absolute atomic E-state index is 0.0913. The third-order valence-electron chi connectivity index (χ3n) is 4.07. The van der Waals surface area contributed by atoms with Gasteiger partial charge in [0.1, 0.15) is 6.04 Å². The van der Waals surface area contributed by atoms with Gasteiger partial charge in [0.2, 0.25) is 5.91 Å². The van der Waals surface area contributed by atoms with Gasteiger partial charge in [0.05, 0.1) is 12.7 Å². The van der Waals surface area contributed by atoms with Crippen molar-refractivity contribution in [3.63, 3.8) is 0 Å². The predicted octanol–water partition coefficient (Wildman–Crippen LogP) is 2.19. The molecule has 5 nitrogen and oxygen atoms in total. The van der Waals surface area contributed by atoms with Crippen molar-refractivity contribution >= 4 is 5.91 Å². The molecule has 0 bridgehead atoms. The number of halogens is 3. The van der Waals surface area contributed by atoms with E-state index in [0.29, 0.717) is 19.5 Å². The van der Waals surface area contributed by atoms with E-state index in [0.717, 1.165) is 11.3 Å². The molecule has 0 saturated heterocycles. The monoisotopic (exact) mass is 338 g/mol. The molecule has 0 spiro atoms. The Kier molecular flexibility index (Phi) is 4.57. The highest BCUT2D eigenvalue weighted by molar-refractivity contribution is 5.78. The van der Waals surface area contributed by atoms with Crippen LogP contribution in [0.25, 0.3) is 0 Å². The Bertz CT molecular complexity index is 699. The van der Waals surface area contributed by atoms with E-state index in [2.05, 4.69) is 15.5 Å². The van der Waals surface area contributed by atoms with Crippen LogP contribution in [0.5, 0.6) is 0 Å². The standard InChI is InChI=1S/C16H17F3N4O/c17-16(18,19)15(11-4-2-1-3-5-11)20-9-14(24)23-7-6-13-12(10-23)8-21-22-13/h1-5,8,15,20H,6-7,9-10H2,(H,21,22)/t15-/m0/s1. The predicted molar refractivity (Wildman–Crippen MR) is 80.9 cm³/mol. The van der Waals surface area contributed by atoms with E-state index >= 15 is 0 Å². The number of carbonyl (C=O) groups is 1. The summed E-state index contributed by atoms with van der Waals surface area (Å²) in [7, 11) is 0. The van der Waals surface area contributed by atoms with Crippen molar-refractivity contribution in [3.8, 4) is 0 Å². The first-order chi connectivity index (χ1) is 11.4. The Hall–Kier alpha value is -2.35. The minimum Gasteiger partial charge on any atom is -0.337 e. The minimum atomic E-state index is -4.47. The first-order valence-corrected chi connectivity index (χ1v) is 7.59. The van der Waals surface area contributed by atoms with Crippen LogP contribution in [-0.2, 0) is 17.8 Å². The van der Waals surface area contributed by atoms with Crippen LogP contribution in [0.1, 0.15) is 22.9 Å². The molecule has 2 heterocycles. The van der Waals surface area contributed by atoms with Crippen molar-refractivity contribution in [3.05, 3.63) is 53.3 Å². The number of benzene rings is 1. The maximum atomic E-state index is 13.3. The molecule has 1 aliphatic heterocycles. The zero-order chi connectivity index (χ0) is 17.2. The van der Waals surface area contributed by atoms with Gasteiger partial charge < -0.3 is 4.90 Å². The number of amides is 1. The highest BCUT2D eigenvalue weighted by Crippen LogP contribution is 2.32. The van der Waals surface area contributed by atoms with Crippen LogP contribution >= 0.6 is 0 Å². The van der Waals surface area contributed by atoms with Crippen LogP contribution in [0, 0.1) is 0 Å². The molecule has 0 radical (unpaired) electrons. The molecule has 8 heteroatoms. The lowest BCUT2D eigenvalue weighted by atomic mass is 10.1. The zero-order valence-corrected chi connectivity index (χ0v) is 12.8. The third-order valence-corrected chi connectivity index (χ3v) is 4.07. The van der Waals surface area contributed by atoms with Crippen LogP contribution in [0.3, 0.4) is 0 Å². The van der Waals surface area contributed by atoms with Gasteiger partial charge in [-0.05, 0) is 5.56 Å². The summed E-state index contributed by atoms with van der Waals surface area (Å²) in [6.07, 6.45) is -2.20. The molecule has 1 aromatic heterocycles. The number of aromatic amines is 1. The topological polar surface area (TPSA) is 61.0 Å². The summed E-state index contributed by atoms with van der Waals surface area (Å²) in [6.45, 7) is 0.471. The van der Waals surface area contributed by atoms with Crippen LogP contribution in [0.15, 0.2) is 36.5 Å². The lowest BCUT2D eigenvalue weighted by Crippen LogP contribution is -2.44. The second-order valence-electron chi connectivity index (χ2n) is 5.71. The number of carbonyl (C=O) groups excluding carboxylic acids is 1. The first-order valence-electron chi connectivity index (χ1n) is 7.59. The van der Waals surface area contributed by atoms with E-state index in [-0.39, 0.29) is 18.0 Å². The fraction of sp³-hybridized carbons (Fsp3) is 0.375. The van der Waals surface area contributed by atoms with Crippen molar-refractivity contribution in [2.75, 3.05) is 13.1 Å². The van der Waals surface area contributed by atoms with E-state index in [1.54, 1.807) is 29.3 Å². The molecule has 128 valence electrons. The van der Waals surface area contributed by atoms with E-state index in [1.165, 1.54) is 12.1 Å². The van der Waals surface area contributed by atoms with Crippen molar-refractivity contribution in [1.82, 2.24) is 20.4 Å². The fourth-order valence-corrected chi connectivity index (χ4v) is 2.80. The van der Waals surface area contributed by atoms with E-state index in [1.807, 2.05) is 0 Å². The van der Waals surface area contributed by atoms with Gasteiger partial charge in [-0.2, -0.15) is 18.3 Å². The summed E-state index contributed by atoms with van der Waals surface area (Å²) in [6, 6.07) is 5.67. The molecular formula is C16H17F3N4O. The second kappa shape index (κ2) is 6.64. The summed E-state index contributed by atoms with van der Waals surface area (Å²) in [5.41, 5.74) is 1.98. The zero-order valence-electron chi connectivity index (χ0n) is 12.8. The van der Waals surface area contributed by atoms with Gasteiger partial charge in [0.25, 0.3) is 0 Å². The van der Waals surface area contributed by atoms with Crippen molar-refractivity contribution in [2.45, 2.75) is 25.2 Å². The number of H-pyrrole nitrogens is 1. The third kappa shape index (κ3) is 3.59. The van der Waals surface area contributed by atoms with E-state index in [9.17, 15) is 18.0 Å². The molecule has 24 heavy (non-hydrogen) atoms. The molecule has 2 N–H and O–H groups in total. The SMILES string of the molecule is O=C(CN[C@@H](c1ccccc1)C(F)(F)F)N1CCc2[nH]ncc2C1. The van der Waals surface area contributed by atoms with E-state index < -0.39 is 12.2 Å². The van der Waals surface area contributed by atoms with Crippen LogP contribution in [0.4, 0.5) is 13.2 Å². The first kappa shape index (κ1) is 16.5. The maximum absolute atomic E-state index is 13.3. The van der Waals surface area contributed by atoms with Gasteiger partial charge in [-0.15, -0.1) is 0 Å². The lowest BCUT2D eigenvalue weighted by molar-refractivity contribution is -0.159. The largest absolute Gasteiger partial charge is 0.407 e. The van der Waals surface area contributed by atoms with Gasteiger partial charge in [0.15, 0.2) is 0 Å². The molecule has 0 fully saturated rings. The number of aromatic nitrogens is 2. The normalized spacial score (nSPS) is 15.9. The van der Waals surface area contributed by atoms with Crippen molar-refractivity contribution in [2.24, 2.45) is 0 Å². The Labute approximate surface area is 136 Å². The maximum Gasteiger partial charge on any atom is 0.407 e. The Morgan fingerprint density at radius 3 is 2.79 bits per heavy atom. The number of hydrogen-bond acceptors (Lipinski definition) is 3. The van der Waals surface area contributed by atoms with Gasteiger partial charge in [-0.1, -0.05) is 30.3 Å². The number of hydrogen-bond donors (Lipinski definition) is 2. The van der Waals surface area contributed by atoms with Crippen molar-refractivity contribution in [1.29, 1.82) is 0 Å². The Morgan fingerprint density at radius 2 is 2.08 bits per heavy atom. The van der Waals surface area contributed by atoms with Gasteiger partial charge in [-0.25, -0.2) is 0 Å². The number of alkyl halides is 3. The smallest absolute Gasteiger partial charge is 0.337 e. The summed E-state index contributed by atoms with van der Waals surface area (Å²) in [5, 5.41) is 9.12. The van der Waals surface area contributed by atoms with Crippen LogP contribution < -0.4 is 5.32 Å². The molecular weight excluding hydrogens is 321 g/mol. The molecule has 3 rings (SSSR count). The highest BCUT2D eigenvalue weighted by atomic mass is 19.4. The summed E-state index contributed by atoms with van der Waals surface area (Å²) in [5.74, 6) is -0.355. The summed E-state index contributed by atoms with van der Waals surface area (Å²) < 4.78 is 39.8. The molecule has 1 aliphatic rings. The summed E-state index contributed by atoms with van der Waals surface area (Å²) >= 11 is 0. The Balaban J connectivity index is 1.64. The van der Waals surface area contributed by atoms with Gasteiger partial charge in [0, 0.05) is 30.8 Å².